The van der Waals surface area contributed by atoms with Gasteiger partial charge in [0.1, 0.15) is 0 Å². The maximum atomic E-state index is 10.5. The van der Waals surface area contributed by atoms with Gasteiger partial charge in [-0.3, -0.25) is 4.79 Å². The highest BCUT2D eigenvalue weighted by Crippen LogP contribution is 2.56. The molecule has 0 aromatic heterocycles. The van der Waals surface area contributed by atoms with Gasteiger partial charge in [0.2, 0.25) is 6.16 Å². The number of halogens is 1. The minimum atomic E-state index is -3.01. The summed E-state index contributed by atoms with van der Waals surface area (Å²) in [5.41, 5.74) is 0. The van der Waals surface area contributed by atoms with Gasteiger partial charge in [-0.1, -0.05) is 0 Å². The molecule has 0 aromatic carbocycles. The lowest BCUT2D eigenvalue weighted by molar-refractivity contribution is -0.109. The maximum absolute atomic E-state index is 10.5. The van der Waals surface area contributed by atoms with Crippen molar-refractivity contribution in [3.8, 4) is 0 Å². The van der Waals surface area contributed by atoms with Crippen LogP contribution in [0.3, 0.4) is 0 Å². The van der Waals surface area contributed by atoms with Crippen LogP contribution >= 0.6 is 19.5 Å². The molecule has 0 rings (SSSR count). The summed E-state index contributed by atoms with van der Waals surface area (Å²) in [7, 11) is -3.01. The van der Waals surface area contributed by atoms with E-state index in [0.29, 0.717) is 13.2 Å². The number of hydrogen-bond donors (Lipinski definition) is 1. The first kappa shape index (κ1) is 12.3. The lowest BCUT2D eigenvalue weighted by atomic mass is 10.9. The fraction of sp³-hybridized carbons (Fsp3) is 0.833. The van der Waals surface area contributed by atoms with Gasteiger partial charge in [0.15, 0.2) is 0 Å². The fourth-order valence-electron chi connectivity index (χ4n) is 0.689. The molecule has 0 amide bonds. The fourth-order valence-corrected chi connectivity index (χ4v) is 2.52. The summed E-state index contributed by atoms with van der Waals surface area (Å²) in [5.74, 6) is 0. The molecule has 0 aliphatic rings. The van der Waals surface area contributed by atoms with Gasteiger partial charge in [0.05, 0.1) is 13.2 Å². The average Bonchev–Trinajstić information content (AvgIpc) is 1.85. The lowest BCUT2D eigenvalue weighted by Crippen LogP contribution is -2.10. The molecule has 0 saturated heterocycles. The van der Waals surface area contributed by atoms with E-state index in [1.165, 1.54) is 0 Å². The number of carbonyl (C=O) groups is 1. The van der Waals surface area contributed by atoms with Crippen molar-refractivity contribution in [3.63, 3.8) is 0 Å². The Morgan fingerprint density at radius 1 is 1.42 bits per heavy atom. The van der Waals surface area contributed by atoms with Gasteiger partial charge in [0, 0.05) is 0 Å². The van der Waals surface area contributed by atoms with Gasteiger partial charge in [-0.25, -0.2) is 0 Å². The minimum absolute atomic E-state index is 0.254. The molecule has 0 aliphatic carbocycles. The van der Waals surface area contributed by atoms with Crippen molar-refractivity contribution in [1.82, 2.24) is 0 Å². The Morgan fingerprint density at radius 2 is 1.83 bits per heavy atom. The van der Waals surface area contributed by atoms with Crippen LogP contribution in [-0.4, -0.2) is 29.5 Å². The molecule has 4 nitrogen and oxygen atoms in total. The molecule has 0 saturated carbocycles. The van der Waals surface area contributed by atoms with Gasteiger partial charge in [-0.2, -0.15) is 13.9 Å². The van der Waals surface area contributed by atoms with Crippen LogP contribution in [0, 0.1) is 0 Å². The Labute approximate surface area is 77.4 Å². The van der Waals surface area contributed by atoms with Crippen molar-refractivity contribution < 1.29 is 18.7 Å². The average molecular weight is 216 g/mol. The van der Waals surface area contributed by atoms with Crippen LogP contribution in [0.2, 0.25) is 0 Å². The SMILES string of the molecule is CCO[P+](O)(CC(=O)Cl)OCC. The topological polar surface area (TPSA) is 55.8 Å². The highest BCUT2D eigenvalue weighted by molar-refractivity contribution is 7.61. The normalized spacial score (nSPS) is 11.7. The molecule has 0 unspecified atom stereocenters. The molecule has 0 heterocycles. The van der Waals surface area contributed by atoms with Crippen LogP contribution in [0.15, 0.2) is 0 Å². The second-order valence-corrected chi connectivity index (χ2v) is 4.52. The molecule has 0 spiro atoms. The molecule has 0 fully saturated rings. The zero-order valence-corrected chi connectivity index (χ0v) is 8.77. The van der Waals surface area contributed by atoms with E-state index in [1.807, 2.05) is 0 Å². The quantitative estimate of drug-likeness (QED) is 0.540. The predicted octanol–water partition coefficient (Wildman–Crippen LogP) is 1.58. The zero-order chi connectivity index (χ0) is 9.61. The summed E-state index contributed by atoms with van der Waals surface area (Å²) in [4.78, 5) is 20.0. The molecular weight excluding hydrogens is 202 g/mol. The molecular formula is C6H13ClO4P+. The summed E-state index contributed by atoms with van der Waals surface area (Å²) in [6, 6.07) is 0. The Bertz CT molecular complexity index is 146. The molecule has 0 aliphatic heterocycles. The van der Waals surface area contributed by atoms with E-state index in [4.69, 9.17) is 20.6 Å². The van der Waals surface area contributed by atoms with Gasteiger partial charge in [0.25, 0.3) is 5.24 Å². The molecule has 0 aromatic rings. The van der Waals surface area contributed by atoms with Crippen LogP contribution < -0.4 is 0 Å². The third-order valence-electron chi connectivity index (χ3n) is 0.986. The highest BCUT2D eigenvalue weighted by Gasteiger charge is 2.42. The summed E-state index contributed by atoms with van der Waals surface area (Å²) >= 11 is 5.10. The summed E-state index contributed by atoms with van der Waals surface area (Å²) < 4.78 is 9.84. The van der Waals surface area contributed by atoms with E-state index in [2.05, 4.69) is 0 Å². The summed E-state index contributed by atoms with van der Waals surface area (Å²) in [6.07, 6.45) is -0.254. The third kappa shape index (κ3) is 5.01. The van der Waals surface area contributed by atoms with Crippen molar-refractivity contribution in [2.45, 2.75) is 13.8 Å². The van der Waals surface area contributed by atoms with Gasteiger partial charge >= 0.3 is 7.94 Å². The van der Waals surface area contributed by atoms with Crippen molar-refractivity contribution >= 4 is 24.8 Å². The van der Waals surface area contributed by atoms with E-state index >= 15 is 0 Å². The van der Waals surface area contributed by atoms with Crippen LogP contribution in [0.25, 0.3) is 0 Å². The minimum Gasteiger partial charge on any atom is -0.277 e. The summed E-state index contributed by atoms with van der Waals surface area (Å²) in [6.45, 7) is 4.02. The van der Waals surface area contributed by atoms with E-state index in [0.717, 1.165) is 0 Å². The largest absolute Gasteiger partial charge is 0.417 e. The molecule has 1 N–H and O–H groups in total. The molecule has 0 atom stereocenters. The molecule has 0 bridgehead atoms. The van der Waals surface area contributed by atoms with Gasteiger partial charge < -0.3 is 0 Å². The van der Waals surface area contributed by atoms with Gasteiger partial charge in [-0.15, -0.1) is 0 Å². The molecule has 0 radical (unpaired) electrons. The van der Waals surface area contributed by atoms with Crippen LogP contribution in [0.5, 0.6) is 0 Å². The number of rotatable bonds is 6. The Kier molecular flexibility index (Phi) is 5.97. The zero-order valence-electron chi connectivity index (χ0n) is 7.12. The van der Waals surface area contributed by atoms with Crippen LogP contribution in [0.1, 0.15) is 13.8 Å². The first-order valence-corrected chi connectivity index (χ1v) is 5.76. The third-order valence-corrected chi connectivity index (χ3v) is 3.32. The van der Waals surface area contributed by atoms with E-state index in [-0.39, 0.29) is 6.16 Å². The Morgan fingerprint density at radius 3 is 2.08 bits per heavy atom. The van der Waals surface area contributed by atoms with E-state index < -0.39 is 13.2 Å². The van der Waals surface area contributed by atoms with Crippen molar-refractivity contribution in [2.75, 3.05) is 19.4 Å². The van der Waals surface area contributed by atoms with Crippen LogP contribution in [0.4, 0.5) is 0 Å². The highest BCUT2D eigenvalue weighted by atomic mass is 35.5. The van der Waals surface area contributed by atoms with Crippen molar-refractivity contribution in [3.05, 3.63) is 0 Å². The number of hydrogen-bond acceptors (Lipinski definition) is 4. The Balaban J connectivity index is 4.07. The molecule has 72 valence electrons. The monoisotopic (exact) mass is 215 g/mol. The first-order chi connectivity index (χ1) is 5.54. The maximum Gasteiger partial charge on any atom is 0.417 e. The second kappa shape index (κ2) is 5.84. The standard InChI is InChI=1S/C6H13ClO4P/c1-3-10-12(9,11-4-2)5-6(7)8/h9H,3-5H2,1-2H3/q+1. The number of carbonyl (C=O) groups excluding carboxylic acids is 1. The van der Waals surface area contributed by atoms with E-state index in [1.54, 1.807) is 13.8 Å². The van der Waals surface area contributed by atoms with Crippen molar-refractivity contribution in [2.24, 2.45) is 0 Å². The molecule has 6 heteroatoms. The second-order valence-electron chi connectivity index (χ2n) is 1.99. The van der Waals surface area contributed by atoms with Crippen LogP contribution in [-0.2, 0) is 13.8 Å². The molecule has 12 heavy (non-hydrogen) atoms. The van der Waals surface area contributed by atoms with E-state index in [9.17, 15) is 9.69 Å². The first-order valence-electron chi connectivity index (χ1n) is 3.62. The lowest BCUT2D eigenvalue weighted by Gasteiger charge is -2.13. The Hall–Kier alpha value is 0.270. The predicted molar refractivity (Wildman–Crippen MR) is 48.1 cm³/mol. The van der Waals surface area contributed by atoms with Crippen molar-refractivity contribution in [1.29, 1.82) is 0 Å². The smallest absolute Gasteiger partial charge is 0.277 e. The van der Waals surface area contributed by atoms with Gasteiger partial charge in [-0.05, 0) is 25.4 Å². The summed E-state index contributed by atoms with van der Waals surface area (Å²) in [5, 5.41) is -0.646.